The number of carbonyl (C=O) groups excluding carboxylic acids is 1. The highest BCUT2D eigenvalue weighted by Gasteiger charge is 2.28. The van der Waals surface area contributed by atoms with Gasteiger partial charge in [0, 0.05) is 31.8 Å². The van der Waals surface area contributed by atoms with Crippen LogP contribution >= 0.6 is 0 Å². The summed E-state index contributed by atoms with van der Waals surface area (Å²) in [5, 5.41) is 28.3. The van der Waals surface area contributed by atoms with E-state index in [1.54, 1.807) is 23.7 Å². The first-order valence-corrected chi connectivity index (χ1v) is 10.6. The van der Waals surface area contributed by atoms with Crippen LogP contribution in [0.2, 0.25) is 0 Å². The Bertz CT molecular complexity index is 1120. The minimum Gasteiger partial charge on any atom is -0.508 e. The van der Waals surface area contributed by atoms with Gasteiger partial charge >= 0.3 is 0 Å². The molecule has 1 fully saturated rings. The number of phenolic OH excluding ortho intramolecular Hbond substituents is 2. The van der Waals surface area contributed by atoms with Crippen LogP contribution in [0.3, 0.4) is 0 Å². The van der Waals surface area contributed by atoms with Gasteiger partial charge in [-0.2, -0.15) is 5.10 Å². The number of hydrogen-bond donors (Lipinski definition) is 3. The van der Waals surface area contributed by atoms with E-state index in [1.807, 2.05) is 37.3 Å². The molecule has 0 aliphatic heterocycles. The maximum Gasteiger partial charge on any atom is 0.259 e. The normalized spacial score (nSPS) is 13.1. The summed E-state index contributed by atoms with van der Waals surface area (Å²) in [5.41, 5.74) is 2.27. The number of aromatic nitrogens is 2. The third-order valence-electron chi connectivity index (χ3n) is 5.55. The van der Waals surface area contributed by atoms with Crippen LogP contribution in [0.5, 0.6) is 17.2 Å². The van der Waals surface area contributed by atoms with Gasteiger partial charge < -0.3 is 25.2 Å². The number of hydrogen-bond acceptors (Lipinski definition) is 6. The van der Waals surface area contributed by atoms with E-state index in [1.165, 1.54) is 12.1 Å². The molecular formula is C24H28N4O4. The maximum atomic E-state index is 13.1. The molecule has 0 unspecified atom stereocenters. The molecule has 1 heterocycles. The average Bonchev–Trinajstić information content (AvgIpc) is 3.50. The summed E-state index contributed by atoms with van der Waals surface area (Å²) in [6.45, 7) is 3.02. The predicted molar refractivity (Wildman–Crippen MR) is 122 cm³/mol. The van der Waals surface area contributed by atoms with E-state index in [0.29, 0.717) is 30.5 Å². The van der Waals surface area contributed by atoms with Gasteiger partial charge in [0.1, 0.15) is 28.6 Å². The zero-order chi connectivity index (χ0) is 22.8. The number of aryl methyl sites for hydroxylation is 1. The van der Waals surface area contributed by atoms with E-state index in [9.17, 15) is 15.0 Å². The van der Waals surface area contributed by atoms with Crippen LogP contribution in [0.4, 0.5) is 11.5 Å². The van der Waals surface area contributed by atoms with E-state index in [2.05, 4.69) is 10.4 Å². The van der Waals surface area contributed by atoms with Crippen molar-refractivity contribution in [2.45, 2.75) is 26.3 Å². The van der Waals surface area contributed by atoms with Crippen LogP contribution in [0, 0.1) is 12.8 Å². The highest BCUT2D eigenvalue weighted by molar-refractivity contribution is 6.03. The van der Waals surface area contributed by atoms with Gasteiger partial charge in [0.15, 0.2) is 0 Å². The Hall–Kier alpha value is -3.68. The van der Waals surface area contributed by atoms with Gasteiger partial charge in [-0.3, -0.25) is 4.79 Å². The topological polar surface area (TPSA) is 99.9 Å². The third kappa shape index (κ3) is 4.80. The van der Waals surface area contributed by atoms with Crippen molar-refractivity contribution in [2.75, 3.05) is 26.0 Å². The fraction of sp³-hybridized carbons (Fsp3) is 0.333. The molecule has 1 amide bonds. The molecule has 168 valence electrons. The standard InChI is InChI=1S/C24H28N4O4/c1-15-10-22(28(26-15)14-17-6-8-19(32-3)9-7-17)25-20-11-18(29)12-21(30)23(20)24(31)27(2)13-16-4-5-16/h6-12,16,25,29-30H,4-5,13-14H2,1-3H3. The largest absolute Gasteiger partial charge is 0.508 e. The summed E-state index contributed by atoms with van der Waals surface area (Å²) in [6.07, 6.45) is 2.24. The first-order chi connectivity index (χ1) is 15.3. The second-order valence-electron chi connectivity index (χ2n) is 8.32. The Morgan fingerprint density at radius 3 is 2.59 bits per heavy atom. The molecule has 32 heavy (non-hydrogen) atoms. The van der Waals surface area contributed by atoms with Gasteiger partial charge in [-0.15, -0.1) is 0 Å². The van der Waals surface area contributed by atoms with Gasteiger partial charge in [-0.05, 0) is 43.4 Å². The van der Waals surface area contributed by atoms with Crippen LogP contribution in [0.25, 0.3) is 0 Å². The van der Waals surface area contributed by atoms with E-state index < -0.39 is 0 Å². The molecule has 1 aromatic heterocycles. The quantitative estimate of drug-likeness (QED) is 0.496. The van der Waals surface area contributed by atoms with Crippen molar-refractivity contribution >= 4 is 17.4 Å². The summed E-state index contributed by atoms with van der Waals surface area (Å²) < 4.78 is 6.99. The van der Waals surface area contributed by atoms with E-state index in [-0.39, 0.29) is 23.0 Å². The van der Waals surface area contributed by atoms with Crippen molar-refractivity contribution in [3.63, 3.8) is 0 Å². The van der Waals surface area contributed by atoms with E-state index in [0.717, 1.165) is 29.8 Å². The number of benzene rings is 2. The Morgan fingerprint density at radius 2 is 1.94 bits per heavy atom. The van der Waals surface area contributed by atoms with E-state index in [4.69, 9.17) is 4.74 Å². The van der Waals surface area contributed by atoms with Crippen molar-refractivity contribution < 1.29 is 19.7 Å². The lowest BCUT2D eigenvalue weighted by molar-refractivity contribution is 0.0786. The number of anilines is 2. The highest BCUT2D eigenvalue weighted by Crippen LogP contribution is 2.35. The number of nitrogens with zero attached hydrogens (tertiary/aromatic N) is 3. The van der Waals surface area contributed by atoms with E-state index >= 15 is 0 Å². The molecule has 0 saturated heterocycles. The first kappa shape index (κ1) is 21.5. The number of carbonyl (C=O) groups is 1. The van der Waals surface area contributed by atoms with Gasteiger partial charge in [0.05, 0.1) is 25.0 Å². The first-order valence-electron chi connectivity index (χ1n) is 10.6. The van der Waals surface area contributed by atoms with Crippen molar-refractivity contribution in [2.24, 2.45) is 5.92 Å². The van der Waals surface area contributed by atoms with Crippen LogP contribution < -0.4 is 10.1 Å². The fourth-order valence-corrected chi connectivity index (χ4v) is 3.71. The fourth-order valence-electron chi connectivity index (χ4n) is 3.71. The number of aromatic hydroxyl groups is 2. The number of phenols is 2. The highest BCUT2D eigenvalue weighted by atomic mass is 16.5. The SMILES string of the molecule is COc1ccc(Cn2nc(C)cc2Nc2cc(O)cc(O)c2C(=O)N(C)CC2CC2)cc1. The molecule has 1 aliphatic rings. The molecule has 2 aromatic carbocycles. The zero-order valence-electron chi connectivity index (χ0n) is 18.5. The lowest BCUT2D eigenvalue weighted by Crippen LogP contribution is -2.29. The van der Waals surface area contributed by atoms with Gasteiger partial charge in [-0.1, -0.05) is 12.1 Å². The lowest BCUT2D eigenvalue weighted by atomic mass is 10.1. The molecule has 3 aromatic rings. The molecule has 0 bridgehead atoms. The number of amides is 1. The molecule has 4 rings (SSSR count). The summed E-state index contributed by atoms with van der Waals surface area (Å²) in [6, 6.07) is 12.2. The van der Waals surface area contributed by atoms with Crippen molar-refractivity contribution in [1.29, 1.82) is 0 Å². The molecule has 3 N–H and O–H groups in total. The van der Waals surface area contributed by atoms with Crippen LogP contribution in [-0.4, -0.2) is 51.5 Å². The number of ether oxygens (including phenoxy) is 1. The zero-order valence-corrected chi connectivity index (χ0v) is 18.5. The Morgan fingerprint density at radius 1 is 1.22 bits per heavy atom. The Kier molecular flexibility index (Phi) is 5.94. The molecule has 8 heteroatoms. The Labute approximate surface area is 187 Å². The predicted octanol–water partition coefficient (Wildman–Crippen LogP) is 3.89. The molecule has 8 nitrogen and oxygen atoms in total. The number of rotatable bonds is 8. The van der Waals surface area contributed by atoms with Crippen molar-refractivity contribution in [3.05, 3.63) is 59.3 Å². The maximum absolute atomic E-state index is 13.1. The molecule has 0 radical (unpaired) electrons. The average molecular weight is 437 g/mol. The minimum absolute atomic E-state index is 0.126. The van der Waals surface area contributed by atoms with Crippen molar-refractivity contribution in [3.8, 4) is 17.2 Å². The summed E-state index contributed by atoms with van der Waals surface area (Å²) in [7, 11) is 3.36. The smallest absolute Gasteiger partial charge is 0.259 e. The minimum atomic E-state index is -0.296. The monoisotopic (exact) mass is 436 g/mol. The van der Waals surface area contributed by atoms with Crippen LogP contribution in [0.15, 0.2) is 42.5 Å². The second-order valence-corrected chi connectivity index (χ2v) is 8.32. The van der Waals surface area contributed by atoms with Crippen molar-refractivity contribution in [1.82, 2.24) is 14.7 Å². The van der Waals surface area contributed by atoms with Gasteiger partial charge in [0.2, 0.25) is 0 Å². The summed E-state index contributed by atoms with van der Waals surface area (Å²) in [5.74, 6) is 1.24. The number of methoxy groups -OCH3 is 1. The molecule has 0 spiro atoms. The molecule has 1 saturated carbocycles. The van der Waals surface area contributed by atoms with Gasteiger partial charge in [0.25, 0.3) is 5.91 Å². The Balaban J connectivity index is 1.63. The lowest BCUT2D eigenvalue weighted by Gasteiger charge is -2.20. The molecule has 1 aliphatic carbocycles. The molecule has 0 atom stereocenters. The number of nitrogens with one attached hydrogen (secondary N) is 1. The second kappa shape index (κ2) is 8.82. The molecular weight excluding hydrogens is 408 g/mol. The van der Waals surface area contributed by atoms with Crippen LogP contribution in [0.1, 0.15) is 34.5 Å². The van der Waals surface area contributed by atoms with Crippen LogP contribution in [-0.2, 0) is 6.54 Å². The summed E-state index contributed by atoms with van der Waals surface area (Å²) >= 11 is 0. The third-order valence-corrected chi connectivity index (χ3v) is 5.55. The summed E-state index contributed by atoms with van der Waals surface area (Å²) in [4.78, 5) is 14.7. The van der Waals surface area contributed by atoms with Gasteiger partial charge in [-0.25, -0.2) is 4.68 Å².